The first-order valence-electron chi connectivity index (χ1n) is 7.78. The van der Waals surface area contributed by atoms with Gasteiger partial charge in [0.15, 0.2) is 9.84 Å². The van der Waals surface area contributed by atoms with Crippen molar-refractivity contribution in [3.8, 4) is 0 Å². The Bertz CT molecular complexity index is 738. The third-order valence-electron chi connectivity index (χ3n) is 4.01. The van der Waals surface area contributed by atoms with Crippen LogP contribution in [0.4, 0.5) is 11.4 Å². The van der Waals surface area contributed by atoms with E-state index in [-0.39, 0.29) is 16.6 Å². The molecular formula is C16H23N3O4S. The van der Waals surface area contributed by atoms with Gasteiger partial charge in [-0.15, -0.1) is 0 Å². The van der Waals surface area contributed by atoms with Crippen LogP contribution in [0.1, 0.15) is 19.8 Å². The lowest BCUT2D eigenvalue weighted by molar-refractivity contribution is -0.387. The SMILES string of the molecule is C=C(C)CN1CCC(Nc2ccc([N+](=O)[O-])c(S(C)(=O)=O)c2)CC1. The van der Waals surface area contributed by atoms with Gasteiger partial charge in [-0.25, -0.2) is 8.42 Å². The van der Waals surface area contributed by atoms with Crippen molar-refractivity contribution in [1.29, 1.82) is 0 Å². The van der Waals surface area contributed by atoms with Crippen molar-refractivity contribution in [2.75, 3.05) is 31.2 Å². The number of nitro groups is 1. The van der Waals surface area contributed by atoms with Crippen LogP contribution in [0, 0.1) is 10.1 Å². The van der Waals surface area contributed by atoms with Crippen molar-refractivity contribution in [3.05, 3.63) is 40.5 Å². The molecule has 1 aromatic carbocycles. The summed E-state index contributed by atoms with van der Waals surface area (Å²) >= 11 is 0. The number of likely N-dealkylation sites (tertiary alicyclic amines) is 1. The van der Waals surface area contributed by atoms with E-state index in [4.69, 9.17) is 0 Å². The van der Waals surface area contributed by atoms with Crippen LogP contribution in [0.3, 0.4) is 0 Å². The highest BCUT2D eigenvalue weighted by molar-refractivity contribution is 7.90. The first kappa shape index (κ1) is 18.4. The molecule has 0 radical (unpaired) electrons. The summed E-state index contributed by atoms with van der Waals surface area (Å²) in [5, 5.41) is 14.3. The van der Waals surface area contributed by atoms with Gasteiger partial charge in [0.25, 0.3) is 5.69 Å². The number of hydrogen-bond acceptors (Lipinski definition) is 6. The van der Waals surface area contributed by atoms with E-state index in [9.17, 15) is 18.5 Å². The number of sulfone groups is 1. The number of hydrogen-bond donors (Lipinski definition) is 1. The molecule has 1 fully saturated rings. The summed E-state index contributed by atoms with van der Waals surface area (Å²) in [4.78, 5) is 12.4. The minimum Gasteiger partial charge on any atom is -0.382 e. The lowest BCUT2D eigenvalue weighted by atomic mass is 10.0. The van der Waals surface area contributed by atoms with E-state index in [0.717, 1.165) is 44.3 Å². The van der Waals surface area contributed by atoms with Crippen LogP contribution in [0.2, 0.25) is 0 Å². The molecule has 2 rings (SSSR count). The second kappa shape index (κ2) is 7.31. The van der Waals surface area contributed by atoms with Crippen LogP contribution in [0.5, 0.6) is 0 Å². The van der Waals surface area contributed by atoms with Crippen LogP contribution in [0.15, 0.2) is 35.2 Å². The van der Waals surface area contributed by atoms with Crippen molar-refractivity contribution >= 4 is 21.2 Å². The molecule has 1 saturated heterocycles. The van der Waals surface area contributed by atoms with Crippen LogP contribution >= 0.6 is 0 Å². The van der Waals surface area contributed by atoms with E-state index < -0.39 is 14.8 Å². The second-order valence-corrected chi connectivity index (χ2v) is 8.35. The Balaban J connectivity index is 2.09. The van der Waals surface area contributed by atoms with Crippen molar-refractivity contribution in [3.63, 3.8) is 0 Å². The maximum Gasteiger partial charge on any atom is 0.288 e. The highest BCUT2D eigenvalue weighted by Crippen LogP contribution is 2.28. The first-order valence-corrected chi connectivity index (χ1v) is 9.67. The molecule has 1 heterocycles. The highest BCUT2D eigenvalue weighted by Gasteiger charge is 2.24. The molecule has 1 aliphatic heterocycles. The maximum absolute atomic E-state index is 11.8. The van der Waals surface area contributed by atoms with Crippen molar-refractivity contribution in [2.45, 2.75) is 30.7 Å². The van der Waals surface area contributed by atoms with Crippen molar-refractivity contribution in [1.82, 2.24) is 4.90 Å². The summed E-state index contributed by atoms with van der Waals surface area (Å²) < 4.78 is 23.6. The molecule has 0 unspecified atom stereocenters. The Morgan fingerprint density at radius 3 is 2.54 bits per heavy atom. The average Bonchev–Trinajstić information content (AvgIpc) is 2.47. The van der Waals surface area contributed by atoms with E-state index in [0.29, 0.717) is 5.69 Å². The van der Waals surface area contributed by atoms with Gasteiger partial charge in [0.2, 0.25) is 0 Å². The molecule has 1 N–H and O–H groups in total. The lowest BCUT2D eigenvalue weighted by Crippen LogP contribution is -2.39. The van der Waals surface area contributed by atoms with Gasteiger partial charge >= 0.3 is 0 Å². The zero-order chi connectivity index (χ0) is 17.9. The first-order chi connectivity index (χ1) is 11.2. The number of piperidine rings is 1. The topological polar surface area (TPSA) is 92.5 Å². The second-order valence-electron chi connectivity index (χ2n) is 6.36. The summed E-state index contributed by atoms with van der Waals surface area (Å²) in [6.45, 7) is 8.70. The van der Waals surface area contributed by atoms with Crippen LogP contribution in [-0.4, -0.2) is 50.2 Å². The van der Waals surface area contributed by atoms with Gasteiger partial charge in [-0.3, -0.25) is 15.0 Å². The Labute approximate surface area is 142 Å². The van der Waals surface area contributed by atoms with Crippen LogP contribution in [-0.2, 0) is 9.84 Å². The van der Waals surface area contributed by atoms with E-state index in [1.807, 2.05) is 6.92 Å². The minimum absolute atomic E-state index is 0.222. The molecule has 0 aliphatic carbocycles. The minimum atomic E-state index is -3.66. The molecule has 0 bridgehead atoms. The smallest absolute Gasteiger partial charge is 0.288 e. The Morgan fingerprint density at radius 1 is 1.42 bits per heavy atom. The fourth-order valence-electron chi connectivity index (χ4n) is 2.90. The molecule has 1 aromatic rings. The number of rotatable bonds is 6. The Kier molecular flexibility index (Phi) is 5.61. The fraction of sp³-hybridized carbons (Fsp3) is 0.500. The predicted molar refractivity (Wildman–Crippen MR) is 94.1 cm³/mol. The van der Waals surface area contributed by atoms with Gasteiger partial charge < -0.3 is 5.32 Å². The van der Waals surface area contributed by atoms with Crippen molar-refractivity contribution in [2.24, 2.45) is 0 Å². The number of benzene rings is 1. The zero-order valence-corrected chi connectivity index (χ0v) is 14.8. The standard InChI is InChI=1S/C16H23N3O4S/c1-12(2)11-18-8-6-13(7-9-18)17-14-4-5-15(19(20)21)16(10-14)24(3,22)23/h4-5,10,13,17H,1,6-9,11H2,2-3H3. The number of nitrogens with one attached hydrogen (secondary N) is 1. The van der Waals surface area contributed by atoms with Gasteiger partial charge in [0, 0.05) is 43.7 Å². The molecule has 0 amide bonds. The molecule has 0 saturated carbocycles. The monoisotopic (exact) mass is 353 g/mol. The summed E-state index contributed by atoms with van der Waals surface area (Å²) in [7, 11) is -3.66. The molecule has 0 atom stereocenters. The van der Waals surface area contributed by atoms with E-state index in [1.165, 1.54) is 12.1 Å². The van der Waals surface area contributed by atoms with Crippen molar-refractivity contribution < 1.29 is 13.3 Å². The molecule has 132 valence electrons. The van der Waals surface area contributed by atoms with Crippen LogP contribution in [0.25, 0.3) is 0 Å². The average molecular weight is 353 g/mol. The third kappa shape index (κ3) is 4.78. The summed E-state index contributed by atoms with van der Waals surface area (Å²) in [6.07, 6.45) is 2.84. The van der Waals surface area contributed by atoms with Gasteiger partial charge in [0.1, 0.15) is 4.90 Å². The van der Waals surface area contributed by atoms with Gasteiger partial charge in [0.05, 0.1) is 4.92 Å². The summed E-state index contributed by atoms with van der Waals surface area (Å²) in [6, 6.07) is 4.38. The maximum atomic E-state index is 11.8. The normalized spacial score (nSPS) is 16.8. The third-order valence-corrected chi connectivity index (χ3v) is 5.13. The molecule has 8 heteroatoms. The highest BCUT2D eigenvalue weighted by atomic mass is 32.2. The van der Waals surface area contributed by atoms with Gasteiger partial charge in [-0.1, -0.05) is 12.2 Å². The van der Waals surface area contributed by atoms with E-state index in [2.05, 4.69) is 16.8 Å². The molecule has 1 aliphatic rings. The van der Waals surface area contributed by atoms with Crippen LogP contribution < -0.4 is 5.32 Å². The number of nitro benzene ring substituents is 1. The van der Waals surface area contributed by atoms with E-state index in [1.54, 1.807) is 6.07 Å². The number of anilines is 1. The van der Waals surface area contributed by atoms with Gasteiger partial charge in [-0.2, -0.15) is 0 Å². The van der Waals surface area contributed by atoms with Gasteiger partial charge in [-0.05, 0) is 31.9 Å². The molecule has 24 heavy (non-hydrogen) atoms. The fourth-order valence-corrected chi connectivity index (χ4v) is 3.77. The van der Waals surface area contributed by atoms with E-state index >= 15 is 0 Å². The summed E-state index contributed by atoms with van der Waals surface area (Å²) in [5.74, 6) is 0. The quantitative estimate of drug-likeness (QED) is 0.480. The lowest BCUT2D eigenvalue weighted by Gasteiger charge is -2.33. The molecule has 0 aromatic heterocycles. The summed E-state index contributed by atoms with van der Waals surface area (Å²) in [5.41, 5.74) is 1.34. The largest absolute Gasteiger partial charge is 0.382 e. The zero-order valence-electron chi connectivity index (χ0n) is 14.0. The predicted octanol–water partition coefficient (Wildman–Crippen LogP) is 2.45. The Morgan fingerprint density at radius 2 is 2.04 bits per heavy atom. The molecule has 0 spiro atoms. The molecule has 7 nitrogen and oxygen atoms in total. The Hall–Kier alpha value is -1.93. The number of nitrogens with zero attached hydrogens (tertiary/aromatic N) is 2. The molecular weight excluding hydrogens is 330 g/mol.